The van der Waals surface area contributed by atoms with Crippen LogP contribution in [0.15, 0.2) is 0 Å². The Morgan fingerprint density at radius 1 is 1.30 bits per heavy atom. The van der Waals surface area contributed by atoms with Crippen LogP contribution >= 0.6 is 0 Å². The summed E-state index contributed by atoms with van der Waals surface area (Å²) < 4.78 is 0. The van der Waals surface area contributed by atoms with E-state index in [1.807, 2.05) is 20.8 Å². The number of H-pyrrole nitrogens is 1. The van der Waals surface area contributed by atoms with Crippen molar-refractivity contribution < 1.29 is 14.4 Å². The molecular formula is C14H23N3O3. The van der Waals surface area contributed by atoms with Crippen LogP contribution in [-0.2, 0) is 4.84 Å². The summed E-state index contributed by atoms with van der Waals surface area (Å²) in [5, 5.41) is 2.79. The van der Waals surface area contributed by atoms with Gasteiger partial charge in [0, 0.05) is 18.8 Å². The van der Waals surface area contributed by atoms with Gasteiger partial charge >= 0.3 is 0 Å². The SMILES string of the molecule is Cc1[nH]c(C=O)c(C)c1C(=O)NCCNOC(C)(C)C. The van der Waals surface area contributed by atoms with Gasteiger partial charge in [0.25, 0.3) is 5.91 Å². The topological polar surface area (TPSA) is 83.2 Å². The monoisotopic (exact) mass is 281 g/mol. The lowest BCUT2D eigenvalue weighted by Gasteiger charge is -2.19. The Balaban J connectivity index is 2.48. The van der Waals surface area contributed by atoms with Gasteiger partial charge in [-0.2, -0.15) is 0 Å². The van der Waals surface area contributed by atoms with E-state index in [2.05, 4.69) is 15.8 Å². The van der Waals surface area contributed by atoms with Crippen molar-refractivity contribution in [3.63, 3.8) is 0 Å². The van der Waals surface area contributed by atoms with Gasteiger partial charge in [-0.15, -0.1) is 0 Å². The highest BCUT2D eigenvalue weighted by molar-refractivity contribution is 5.99. The number of aryl methyl sites for hydroxylation is 1. The lowest BCUT2D eigenvalue weighted by molar-refractivity contribution is -0.0714. The van der Waals surface area contributed by atoms with Crippen LogP contribution in [0.4, 0.5) is 0 Å². The maximum Gasteiger partial charge on any atom is 0.253 e. The lowest BCUT2D eigenvalue weighted by atomic mass is 10.1. The molecule has 1 heterocycles. The van der Waals surface area contributed by atoms with Gasteiger partial charge in [-0.25, -0.2) is 5.48 Å². The number of carbonyl (C=O) groups excluding carboxylic acids is 2. The fourth-order valence-corrected chi connectivity index (χ4v) is 1.82. The number of amides is 1. The molecule has 20 heavy (non-hydrogen) atoms. The highest BCUT2D eigenvalue weighted by Crippen LogP contribution is 2.16. The molecule has 3 N–H and O–H groups in total. The highest BCUT2D eigenvalue weighted by Gasteiger charge is 2.17. The van der Waals surface area contributed by atoms with Crippen LogP contribution in [-0.4, -0.2) is 35.9 Å². The van der Waals surface area contributed by atoms with Crippen molar-refractivity contribution in [3.05, 3.63) is 22.5 Å². The first-order valence-corrected chi connectivity index (χ1v) is 6.59. The van der Waals surface area contributed by atoms with E-state index >= 15 is 0 Å². The van der Waals surface area contributed by atoms with Crippen LogP contribution in [0.1, 0.15) is 52.9 Å². The van der Waals surface area contributed by atoms with Crippen LogP contribution in [0.25, 0.3) is 0 Å². The van der Waals surface area contributed by atoms with Crippen LogP contribution in [0.5, 0.6) is 0 Å². The van der Waals surface area contributed by atoms with E-state index < -0.39 is 0 Å². The number of hydrogen-bond donors (Lipinski definition) is 3. The smallest absolute Gasteiger partial charge is 0.253 e. The van der Waals surface area contributed by atoms with Gasteiger partial charge in [-0.05, 0) is 40.2 Å². The summed E-state index contributed by atoms with van der Waals surface area (Å²) in [6, 6.07) is 0. The lowest BCUT2D eigenvalue weighted by Crippen LogP contribution is -2.36. The van der Waals surface area contributed by atoms with Gasteiger partial charge in [0.1, 0.15) is 0 Å². The molecule has 0 radical (unpaired) electrons. The molecule has 0 saturated carbocycles. The Morgan fingerprint density at radius 3 is 2.45 bits per heavy atom. The summed E-state index contributed by atoms with van der Waals surface area (Å²) in [6.07, 6.45) is 0.720. The van der Waals surface area contributed by atoms with Crippen molar-refractivity contribution in [1.82, 2.24) is 15.8 Å². The minimum absolute atomic E-state index is 0.193. The van der Waals surface area contributed by atoms with Crippen molar-refractivity contribution in [2.75, 3.05) is 13.1 Å². The standard InChI is InChI=1S/C14H23N3O3/c1-9-11(8-18)17-10(2)12(9)13(19)15-6-7-16-20-14(3,4)5/h8,16-17H,6-7H2,1-5H3,(H,15,19). The average Bonchev–Trinajstić information content (AvgIpc) is 2.62. The number of carbonyl (C=O) groups is 2. The Labute approximate surface area is 119 Å². The molecular weight excluding hydrogens is 258 g/mol. The van der Waals surface area contributed by atoms with E-state index in [9.17, 15) is 9.59 Å². The predicted molar refractivity (Wildman–Crippen MR) is 76.8 cm³/mol. The zero-order valence-corrected chi connectivity index (χ0v) is 12.7. The molecule has 1 aromatic heterocycles. The summed E-state index contributed by atoms with van der Waals surface area (Å²) in [7, 11) is 0. The van der Waals surface area contributed by atoms with Crippen molar-refractivity contribution >= 4 is 12.2 Å². The Morgan fingerprint density at radius 2 is 1.95 bits per heavy atom. The van der Waals surface area contributed by atoms with Crippen molar-refractivity contribution in [2.24, 2.45) is 0 Å². The molecule has 0 saturated heterocycles. The number of rotatable bonds is 6. The number of aldehydes is 1. The molecule has 0 atom stereocenters. The molecule has 1 rings (SSSR count). The molecule has 0 fully saturated rings. The normalized spacial score (nSPS) is 11.4. The number of hydroxylamine groups is 1. The van der Waals surface area contributed by atoms with Gasteiger partial charge in [0.05, 0.1) is 16.9 Å². The first kappa shape index (κ1) is 16.4. The number of aromatic nitrogens is 1. The van der Waals surface area contributed by atoms with Gasteiger partial charge < -0.3 is 10.3 Å². The van der Waals surface area contributed by atoms with Crippen molar-refractivity contribution in [1.29, 1.82) is 0 Å². The van der Waals surface area contributed by atoms with Crippen LogP contribution in [0, 0.1) is 13.8 Å². The maximum atomic E-state index is 12.1. The van der Waals surface area contributed by atoms with Crippen LogP contribution in [0.3, 0.4) is 0 Å². The molecule has 112 valence electrons. The first-order chi connectivity index (χ1) is 9.26. The number of nitrogens with one attached hydrogen (secondary N) is 3. The zero-order chi connectivity index (χ0) is 15.3. The summed E-state index contributed by atoms with van der Waals surface area (Å²) in [5.41, 5.74) is 4.88. The molecule has 0 spiro atoms. The van der Waals surface area contributed by atoms with Gasteiger partial charge in [-0.1, -0.05) is 0 Å². The molecule has 0 aliphatic carbocycles. The maximum absolute atomic E-state index is 12.1. The summed E-state index contributed by atoms with van der Waals surface area (Å²) in [4.78, 5) is 31.1. The second kappa shape index (κ2) is 6.67. The van der Waals surface area contributed by atoms with Crippen molar-refractivity contribution in [2.45, 2.75) is 40.2 Å². The number of hydrogen-bond acceptors (Lipinski definition) is 4. The largest absolute Gasteiger partial charge is 0.356 e. The van der Waals surface area contributed by atoms with Crippen molar-refractivity contribution in [3.8, 4) is 0 Å². The van der Waals surface area contributed by atoms with E-state index in [4.69, 9.17) is 4.84 Å². The summed E-state index contributed by atoms with van der Waals surface area (Å²) >= 11 is 0. The molecule has 1 amide bonds. The molecule has 1 aromatic rings. The third-order valence-electron chi connectivity index (χ3n) is 2.71. The van der Waals surface area contributed by atoms with Gasteiger partial charge in [0.2, 0.25) is 0 Å². The Bertz CT molecular complexity index is 487. The fourth-order valence-electron chi connectivity index (χ4n) is 1.82. The predicted octanol–water partition coefficient (Wildman–Crippen LogP) is 1.49. The van der Waals surface area contributed by atoms with E-state index in [-0.39, 0.29) is 11.5 Å². The molecule has 6 nitrogen and oxygen atoms in total. The quantitative estimate of drug-likeness (QED) is 0.419. The van der Waals surface area contributed by atoms with Crippen LogP contribution in [0.2, 0.25) is 0 Å². The Kier molecular flexibility index (Phi) is 5.47. The van der Waals surface area contributed by atoms with E-state index in [0.717, 1.165) is 6.29 Å². The van der Waals surface area contributed by atoms with Gasteiger partial charge in [0.15, 0.2) is 6.29 Å². The van der Waals surface area contributed by atoms with E-state index in [0.29, 0.717) is 35.6 Å². The number of aromatic amines is 1. The van der Waals surface area contributed by atoms with E-state index in [1.54, 1.807) is 13.8 Å². The third kappa shape index (κ3) is 4.47. The molecule has 6 heteroatoms. The summed E-state index contributed by atoms with van der Waals surface area (Å²) in [5.74, 6) is -0.193. The molecule has 0 aliphatic heterocycles. The van der Waals surface area contributed by atoms with E-state index in [1.165, 1.54) is 0 Å². The second-order valence-corrected chi connectivity index (χ2v) is 5.65. The fraction of sp³-hybridized carbons (Fsp3) is 0.571. The minimum atomic E-state index is -0.267. The second-order valence-electron chi connectivity index (χ2n) is 5.65. The average molecular weight is 281 g/mol. The summed E-state index contributed by atoms with van der Waals surface area (Å²) in [6.45, 7) is 10.3. The molecule has 0 aromatic carbocycles. The highest BCUT2D eigenvalue weighted by atomic mass is 16.7. The zero-order valence-electron chi connectivity index (χ0n) is 12.7. The molecule has 0 aliphatic rings. The first-order valence-electron chi connectivity index (χ1n) is 6.59. The van der Waals surface area contributed by atoms with Gasteiger partial charge in [-0.3, -0.25) is 14.4 Å². The molecule has 0 unspecified atom stereocenters. The Hall–Kier alpha value is -1.66. The molecule has 0 bridgehead atoms. The minimum Gasteiger partial charge on any atom is -0.356 e. The van der Waals surface area contributed by atoms with Crippen LogP contribution < -0.4 is 10.8 Å². The third-order valence-corrected chi connectivity index (χ3v) is 2.71.